The number of aromatic amines is 1. The lowest BCUT2D eigenvalue weighted by Crippen LogP contribution is -2.43. The second-order valence-corrected chi connectivity index (χ2v) is 6.77. The Morgan fingerprint density at radius 2 is 1.96 bits per heavy atom. The topological polar surface area (TPSA) is 136 Å². The number of carbonyl (C=O) groups is 1. The maximum Gasteiger partial charge on any atom is 0.516 e. The summed E-state index contributed by atoms with van der Waals surface area (Å²) in [5.41, 5.74) is -6.68. The predicted molar refractivity (Wildman–Crippen MR) is 90.4 cm³/mol. The van der Waals surface area contributed by atoms with E-state index in [0.29, 0.717) is 0 Å². The zero-order valence-corrected chi connectivity index (χ0v) is 15.4. The number of nitrogens with one attached hydrogen (secondary N) is 2. The fourth-order valence-electron chi connectivity index (χ4n) is 1.73. The molecule has 2 rings (SSSR count). The van der Waals surface area contributed by atoms with Crippen LogP contribution >= 0.6 is 12.2 Å². The first-order valence-electron chi connectivity index (χ1n) is 6.98. The summed E-state index contributed by atoms with van der Waals surface area (Å²) in [6.45, 7) is 0. The Morgan fingerprint density at radius 1 is 1.29 bits per heavy atom. The van der Waals surface area contributed by atoms with E-state index in [-0.39, 0.29) is 22.1 Å². The number of amides is 1. The van der Waals surface area contributed by atoms with Crippen molar-refractivity contribution < 1.29 is 36.0 Å². The van der Waals surface area contributed by atoms with Gasteiger partial charge in [0.2, 0.25) is 4.77 Å². The number of sulfonamides is 1. The van der Waals surface area contributed by atoms with E-state index in [1.54, 1.807) is 0 Å². The molecule has 10 nitrogen and oxygen atoms in total. The summed E-state index contributed by atoms with van der Waals surface area (Å²) in [5.74, 6) is -1.80. The van der Waals surface area contributed by atoms with E-state index >= 15 is 0 Å². The summed E-state index contributed by atoms with van der Waals surface area (Å²) in [7, 11) is -4.95. The first-order chi connectivity index (χ1) is 13.0. The number of para-hydroxylation sites is 1. The van der Waals surface area contributed by atoms with E-state index in [0.717, 1.165) is 18.2 Å². The average Bonchev–Trinajstić information content (AvgIpc) is 2.59. The average molecular weight is 437 g/mol. The largest absolute Gasteiger partial charge is 0.516 e. The Hall–Kier alpha value is -3.07. The molecular weight excluding hydrogens is 427 g/mol. The molecule has 0 atom stereocenters. The number of oxime groups is 1. The molecule has 2 N–H and O–H groups in total. The van der Waals surface area contributed by atoms with Crippen molar-refractivity contribution >= 4 is 33.9 Å². The number of hydrogen-bond donors (Lipinski definition) is 2. The molecule has 0 aliphatic heterocycles. The van der Waals surface area contributed by atoms with Crippen LogP contribution in [0.2, 0.25) is 0 Å². The van der Waals surface area contributed by atoms with Crippen molar-refractivity contribution in [1.29, 1.82) is 0 Å². The predicted octanol–water partition coefficient (Wildman–Crippen LogP) is 1.64. The molecule has 0 saturated heterocycles. The second kappa shape index (κ2) is 8.30. The zero-order chi connectivity index (χ0) is 20.9. The maximum atomic E-state index is 12.5. The fraction of sp³-hybridized carbons (Fsp3) is 0.154. The number of alkyl halides is 3. The number of ether oxygens (including phenoxy) is 1. The molecule has 0 radical (unpaired) electrons. The summed E-state index contributed by atoms with van der Waals surface area (Å²) in [4.78, 5) is 26.5. The van der Waals surface area contributed by atoms with Crippen molar-refractivity contribution in [2.45, 2.75) is 5.51 Å². The van der Waals surface area contributed by atoms with Crippen LogP contribution in [-0.4, -0.2) is 47.6 Å². The smallest absolute Gasteiger partial charge is 0.425 e. The lowest BCUT2D eigenvalue weighted by atomic mass is 10.1. The number of benzene rings is 1. The van der Waals surface area contributed by atoms with Crippen molar-refractivity contribution in [3.63, 3.8) is 0 Å². The molecule has 0 unspecified atom stereocenters. The van der Waals surface area contributed by atoms with E-state index < -0.39 is 27.2 Å². The molecular formula is C13H10F3N5O5S2. The summed E-state index contributed by atoms with van der Waals surface area (Å²) in [6, 6.07) is 5.30. The highest BCUT2D eigenvalue weighted by molar-refractivity contribution is 7.91. The molecule has 1 heterocycles. The molecule has 0 bridgehead atoms. The van der Waals surface area contributed by atoms with Crippen LogP contribution in [0.4, 0.5) is 13.2 Å². The summed E-state index contributed by atoms with van der Waals surface area (Å²) < 4.78 is 66.3. The zero-order valence-electron chi connectivity index (χ0n) is 13.7. The van der Waals surface area contributed by atoms with Gasteiger partial charge in [-0.3, -0.25) is 9.78 Å². The Balaban J connectivity index is 2.44. The van der Waals surface area contributed by atoms with Gasteiger partial charge in [0.05, 0.1) is 5.56 Å². The van der Waals surface area contributed by atoms with Crippen LogP contribution in [0.25, 0.3) is 0 Å². The van der Waals surface area contributed by atoms with Gasteiger partial charge in [0.25, 0.3) is 5.91 Å². The second-order valence-electron chi connectivity index (χ2n) is 4.71. The van der Waals surface area contributed by atoms with Crippen LogP contribution < -0.4 is 9.46 Å². The van der Waals surface area contributed by atoms with Crippen LogP contribution in [0, 0.1) is 4.77 Å². The normalized spacial score (nSPS) is 12.4. The molecule has 1 aromatic heterocycles. The van der Waals surface area contributed by atoms with Crippen LogP contribution in [0.5, 0.6) is 11.8 Å². The third-order valence-corrected chi connectivity index (χ3v) is 4.11. The Bertz CT molecular complexity index is 1070. The van der Waals surface area contributed by atoms with E-state index in [2.05, 4.69) is 24.9 Å². The van der Waals surface area contributed by atoms with E-state index in [9.17, 15) is 26.4 Å². The number of aromatic nitrogens is 3. The molecule has 0 aliphatic rings. The molecule has 0 fully saturated rings. The Labute approximate surface area is 160 Å². The van der Waals surface area contributed by atoms with Gasteiger partial charge in [0.1, 0.15) is 19.2 Å². The highest BCUT2D eigenvalue weighted by atomic mass is 32.2. The van der Waals surface area contributed by atoms with Crippen molar-refractivity contribution in [3.05, 3.63) is 40.9 Å². The number of H-pyrrole nitrogens is 1. The van der Waals surface area contributed by atoms with Gasteiger partial charge >= 0.3 is 21.5 Å². The molecule has 0 spiro atoms. The number of hydrogen-bond acceptors (Lipinski definition) is 9. The summed E-state index contributed by atoms with van der Waals surface area (Å²) in [6.07, 6.45) is 1.09. The lowest BCUT2D eigenvalue weighted by molar-refractivity contribution is -0.114. The SMILES string of the molecule is CO/N=C(/C(=O)NS(=O)(=O)C(F)(F)F)c1ccccc1Oc1ncnc(=S)[nH]1. The maximum absolute atomic E-state index is 12.5. The number of carbonyl (C=O) groups excluding carboxylic acids is 1. The summed E-state index contributed by atoms with van der Waals surface area (Å²) >= 11 is 4.81. The monoisotopic (exact) mass is 437 g/mol. The highest BCUT2D eigenvalue weighted by Gasteiger charge is 2.47. The third-order valence-electron chi connectivity index (χ3n) is 2.84. The Morgan fingerprint density at radius 3 is 2.57 bits per heavy atom. The molecule has 150 valence electrons. The van der Waals surface area contributed by atoms with Crippen LogP contribution in [0.15, 0.2) is 35.7 Å². The number of nitrogens with zero attached hydrogens (tertiary/aromatic N) is 3. The first-order valence-corrected chi connectivity index (χ1v) is 8.87. The minimum atomic E-state index is -5.96. The molecule has 0 saturated carbocycles. The molecule has 15 heteroatoms. The fourth-order valence-corrected chi connectivity index (χ4v) is 2.32. The number of rotatable bonds is 6. The minimum Gasteiger partial charge on any atom is -0.425 e. The van der Waals surface area contributed by atoms with Crippen LogP contribution in [0.3, 0.4) is 0 Å². The van der Waals surface area contributed by atoms with Crippen molar-refractivity contribution in [2.75, 3.05) is 7.11 Å². The molecule has 0 aliphatic carbocycles. The number of halogens is 3. The van der Waals surface area contributed by atoms with E-state index in [1.165, 1.54) is 24.3 Å². The van der Waals surface area contributed by atoms with Gasteiger partial charge in [0.15, 0.2) is 5.71 Å². The van der Waals surface area contributed by atoms with Crippen molar-refractivity contribution in [2.24, 2.45) is 5.16 Å². The van der Waals surface area contributed by atoms with Crippen molar-refractivity contribution in [3.8, 4) is 11.8 Å². The molecule has 2 aromatic rings. The van der Waals surface area contributed by atoms with Crippen LogP contribution in [-0.2, 0) is 19.7 Å². The van der Waals surface area contributed by atoms with Gasteiger partial charge in [0, 0.05) is 0 Å². The molecule has 1 amide bonds. The first kappa shape index (κ1) is 21.2. The lowest BCUT2D eigenvalue weighted by Gasteiger charge is -2.13. The van der Waals surface area contributed by atoms with Gasteiger partial charge in [-0.2, -0.15) is 26.6 Å². The van der Waals surface area contributed by atoms with E-state index in [1.807, 2.05) is 0 Å². The van der Waals surface area contributed by atoms with Crippen molar-refractivity contribution in [1.82, 2.24) is 19.7 Å². The molecule has 28 heavy (non-hydrogen) atoms. The van der Waals surface area contributed by atoms with Gasteiger partial charge < -0.3 is 9.57 Å². The quantitative estimate of drug-likeness (QED) is 0.396. The molecule has 1 aromatic carbocycles. The minimum absolute atomic E-state index is 0.0299. The van der Waals surface area contributed by atoms with Gasteiger partial charge in [-0.1, -0.05) is 17.3 Å². The highest BCUT2D eigenvalue weighted by Crippen LogP contribution is 2.25. The third kappa shape index (κ3) is 5.01. The van der Waals surface area contributed by atoms with Gasteiger partial charge in [-0.05, 0) is 24.4 Å². The van der Waals surface area contributed by atoms with E-state index in [4.69, 9.17) is 17.0 Å². The standard InChI is InChI=1S/C13H10F3N5O5S2/c1-25-20-9(10(22)21-28(23,24)13(14,15)16)7-4-2-3-5-8(7)26-11-17-6-18-12(27)19-11/h2-6H,1H3,(H,21,22)(H,17,18,19,27)/b20-9+. The Kier molecular flexibility index (Phi) is 6.30. The summed E-state index contributed by atoms with van der Waals surface area (Å²) in [5, 5.41) is 3.31. The van der Waals surface area contributed by atoms with Gasteiger partial charge in [-0.15, -0.1) is 0 Å². The van der Waals surface area contributed by atoms with Crippen LogP contribution in [0.1, 0.15) is 5.56 Å². The van der Waals surface area contributed by atoms with Gasteiger partial charge in [-0.25, -0.2) is 9.71 Å².